The van der Waals surface area contributed by atoms with Gasteiger partial charge < -0.3 is 5.32 Å². The standard InChI is InChI=1S/C17H24N2/c1-14-7-8-17(15(2)12-14)6-4-5-10-19-11-9-18-16(3)13-19/h7-8,12,16,18H,6,9-11,13H2,1-3H3. The molecule has 2 rings (SSSR count). The van der Waals surface area contributed by atoms with Gasteiger partial charge in [0.15, 0.2) is 0 Å². The van der Waals surface area contributed by atoms with Crippen molar-refractivity contribution in [1.82, 2.24) is 10.2 Å². The second kappa shape index (κ2) is 6.75. The molecule has 102 valence electrons. The summed E-state index contributed by atoms with van der Waals surface area (Å²) in [6.07, 6.45) is 0.869. The Labute approximate surface area is 117 Å². The fourth-order valence-electron chi connectivity index (χ4n) is 2.53. The van der Waals surface area contributed by atoms with Gasteiger partial charge in [-0.2, -0.15) is 0 Å². The van der Waals surface area contributed by atoms with E-state index in [0.29, 0.717) is 6.04 Å². The molecular weight excluding hydrogens is 232 g/mol. The van der Waals surface area contributed by atoms with E-state index in [0.717, 1.165) is 32.6 Å². The molecule has 1 aromatic rings. The van der Waals surface area contributed by atoms with Gasteiger partial charge in [-0.15, -0.1) is 0 Å². The second-order valence-corrected chi connectivity index (χ2v) is 5.55. The average Bonchev–Trinajstić information content (AvgIpc) is 2.37. The lowest BCUT2D eigenvalue weighted by molar-refractivity contribution is 0.229. The lowest BCUT2D eigenvalue weighted by Crippen LogP contribution is -2.49. The zero-order chi connectivity index (χ0) is 13.7. The molecule has 1 aliphatic heterocycles. The van der Waals surface area contributed by atoms with Crippen LogP contribution in [0.1, 0.15) is 23.6 Å². The highest BCUT2D eigenvalue weighted by Crippen LogP contribution is 2.10. The maximum atomic E-state index is 3.45. The molecule has 0 bridgehead atoms. The molecule has 1 unspecified atom stereocenters. The van der Waals surface area contributed by atoms with Crippen LogP contribution in [0.25, 0.3) is 0 Å². The minimum absolute atomic E-state index is 0.592. The van der Waals surface area contributed by atoms with Crippen LogP contribution < -0.4 is 5.32 Å². The summed E-state index contributed by atoms with van der Waals surface area (Å²) < 4.78 is 0. The third-order valence-electron chi connectivity index (χ3n) is 3.66. The number of rotatable bonds is 2. The fourth-order valence-corrected chi connectivity index (χ4v) is 2.53. The Balaban J connectivity index is 1.84. The van der Waals surface area contributed by atoms with Gasteiger partial charge in [-0.3, -0.25) is 4.90 Å². The Hall–Kier alpha value is -1.30. The predicted octanol–water partition coefficient (Wildman–Crippen LogP) is 2.14. The highest BCUT2D eigenvalue weighted by atomic mass is 15.2. The molecule has 1 N–H and O–H groups in total. The summed E-state index contributed by atoms with van der Waals surface area (Å²) in [7, 11) is 0. The van der Waals surface area contributed by atoms with E-state index in [4.69, 9.17) is 0 Å². The van der Waals surface area contributed by atoms with Crippen molar-refractivity contribution in [3.8, 4) is 11.8 Å². The topological polar surface area (TPSA) is 15.3 Å². The van der Waals surface area contributed by atoms with E-state index >= 15 is 0 Å². The number of nitrogens with one attached hydrogen (secondary N) is 1. The maximum Gasteiger partial charge on any atom is 0.0602 e. The Morgan fingerprint density at radius 3 is 2.89 bits per heavy atom. The molecule has 19 heavy (non-hydrogen) atoms. The van der Waals surface area contributed by atoms with Crippen LogP contribution in [-0.4, -0.2) is 37.1 Å². The van der Waals surface area contributed by atoms with Gasteiger partial charge in [0.05, 0.1) is 6.54 Å². The molecule has 1 atom stereocenters. The summed E-state index contributed by atoms with van der Waals surface area (Å²) in [6.45, 7) is 10.7. The summed E-state index contributed by atoms with van der Waals surface area (Å²) in [6, 6.07) is 7.19. The van der Waals surface area contributed by atoms with Crippen LogP contribution in [0.3, 0.4) is 0 Å². The molecule has 2 heteroatoms. The van der Waals surface area contributed by atoms with Crippen LogP contribution in [0, 0.1) is 25.7 Å². The molecule has 1 saturated heterocycles. The quantitative estimate of drug-likeness (QED) is 0.816. The van der Waals surface area contributed by atoms with Crippen molar-refractivity contribution >= 4 is 0 Å². The van der Waals surface area contributed by atoms with Gasteiger partial charge in [-0.1, -0.05) is 35.6 Å². The van der Waals surface area contributed by atoms with Crippen LogP contribution in [0.4, 0.5) is 0 Å². The van der Waals surface area contributed by atoms with Crippen molar-refractivity contribution in [1.29, 1.82) is 0 Å². The van der Waals surface area contributed by atoms with Crippen molar-refractivity contribution in [2.75, 3.05) is 26.2 Å². The fraction of sp³-hybridized carbons (Fsp3) is 0.529. The lowest BCUT2D eigenvalue weighted by atomic mass is 10.0. The van der Waals surface area contributed by atoms with E-state index in [-0.39, 0.29) is 0 Å². The molecular formula is C17H24N2. The van der Waals surface area contributed by atoms with Gasteiger partial charge in [0.2, 0.25) is 0 Å². The largest absolute Gasteiger partial charge is 0.312 e. The minimum Gasteiger partial charge on any atom is -0.312 e. The van der Waals surface area contributed by atoms with Crippen LogP contribution in [0.2, 0.25) is 0 Å². The summed E-state index contributed by atoms with van der Waals surface area (Å²) in [5, 5.41) is 3.45. The lowest BCUT2D eigenvalue weighted by Gasteiger charge is -2.30. The monoisotopic (exact) mass is 256 g/mol. The van der Waals surface area contributed by atoms with Gasteiger partial charge in [0, 0.05) is 32.1 Å². The zero-order valence-corrected chi connectivity index (χ0v) is 12.3. The molecule has 2 nitrogen and oxygen atoms in total. The molecule has 0 radical (unpaired) electrons. The van der Waals surface area contributed by atoms with Gasteiger partial charge in [0.1, 0.15) is 0 Å². The SMILES string of the molecule is Cc1ccc(CC#CCN2CCNC(C)C2)c(C)c1. The summed E-state index contributed by atoms with van der Waals surface area (Å²) >= 11 is 0. The third kappa shape index (κ3) is 4.38. The second-order valence-electron chi connectivity index (χ2n) is 5.55. The molecule has 0 aliphatic carbocycles. The molecule has 0 spiro atoms. The van der Waals surface area contributed by atoms with E-state index in [1.165, 1.54) is 16.7 Å². The maximum absolute atomic E-state index is 3.45. The highest BCUT2D eigenvalue weighted by molar-refractivity contribution is 5.33. The number of benzene rings is 1. The molecule has 0 amide bonds. The molecule has 1 aliphatic rings. The van der Waals surface area contributed by atoms with Crippen molar-refractivity contribution in [3.63, 3.8) is 0 Å². The Morgan fingerprint density at radius 1 is 1.32 bits per heavy atom. The molecule has 1 aromatic carbocycles. The number of hydrogen-bond donors (Lipinski definition) is 1. The summed E-state index contributed by atoms with van der Waals surface area (Å²) in [5.41, 5.74) is 4.03. The van der Waals surface area contributed by atoms with E-state index in [9.17, 15) is 0 Å². The molecule has 0 aromatic heterocycles. The first-order valence-corrected chi connectivity index (χ1v) is 7.13. The third-order valence-corrected chi connectivity index (χ3v) is 3.66. The predicted molar refractivity (Wildman–Crippen MR) is 81.3 cm³/mol. The van der Waals surface area contributed by atoms with Crippen molar-refractivity contribution in [2.45, 2.75) is 33.2 Å². The number of hydrogen-bond acceptors (Lipinski definition) is 2. The van der Waals surface area contributed by atoms with Crippen LogP contribution >= 0.6 is 0 Å². The first-order valence-electron chi connectivity index (χ1n) is 7.13. The van der Waals surface area contributed by atoms with Gasteiger partial charge in [-0.05, 0) is 31.9 Å². The van der Waals surface area contributed by atoms with Crippen LogP contribution in [0.5, 0.6) is 0 Å². The first-order chi connectivity index (χ1) is 9.15. The normalized spacial score (nSPS) is 19.8. The highest BCUT2D eigenvalue weighted by Gasteiger charge is 2.13. The van der Waals surface area contributed by atoms with Gasteiger partial charge in [-0.25, -0.2) is 0 Å². The molecule has 1 heterocycles. The smallest absolute Gasteiger partial charge is 0.0602 e. The molecule has 1 fully saturated rings. The van der Waals surface area contributed by atoms with Crippen molar-refractivity contribution in [3.05, 3.63) is 34.9 Å². The Kier molecular flexibility index (Phi) is 5.01. The average molecular weight is 256 g/mol. The molecule has 0 saturated carbocycles. The Bertz CT molecular complexity index is 482. The van der Waals surface area contributed by atoms with Crippen LogP contribution in [-0.2, 0) is 6.42 Å². The van der Waals surface area contributed by atoms with Gasteiger partial charge >= 0.3 is 0 Å². The van der Waals surface area contributed by atoms with Crippen molar-refractivity contribution in [2.24, 2.45) is 0 Å². The Morgan fingerprint density at radius 2 is 2.16 bits per heavy atom. The summed E-state index contributed by atoms with van der Waals surface area (Å²) in [4.78, 5) is 2.43. The van der Waals surface area contributed by atoms with Crippen LogP contribution in [0.15, 0.2) is 18.2 Å². The van der Waals surface area contributed by atoms with E-state index < -0.39 is 0 Å². The van der Waals surface area contributed by atoms with E-state index in [1.54, 1.807) is 0 Å². The van der Waals surface area contributed by atoms with E-state index in [2.05, 4.69) is 61.0 Å². The zero-order valence-electron chi connectivity index (χ0n) is 12.3. The van der Waals surface area contributed by atoms with Gasteiger partial charge in [0.25, 0.3) is 0 Å². The summed E-state index contributed by atoms with van der Waals surface area (Å²) in [5.74, 6) is 6.63. The van der Waals surface area contributed by atoms with E-state index in [1.807, 2.05) is 0 Å². The first kappa shape index (κ1) is 14.1. The van der Waals surface area contributed by atoms with Crippen molar-refractivity contribution < 1.29 is 0 Å². The number of nitrogens with zero attached hydrogens (tertiary/aromatic N) is 1. The minimum atomic E-state index is 0.592. The number of aryl methyl sites for hydroxylation is 2. The number of piperazine rings is 1.